The third-order valence-electron chi connectivity index (χ3n) is 6.43. The molecule has 1 atom stereocenters. The summed E-state index contributed by atoms with van der Waals surface area (Å²) in [5, 5.41) is 13.6. The van der Waals surface area contributed by atoms with E-state index in [1.54, 1.807) is 18.9 Å². The highest BCUT2D eigenvalue weighted by Crippen LogP contribution is 2.30. The number of benzene rings is 2. The van der Waals surface area contributed by atoms with E-state index in [0.717, 1.165) is 53.9 Å². The zero-order chi connectivity index (χ0) is 23.5. The lowest BCUT2D eigenvalue weighted by Gasteiger charge is -2.33. The van der Waals surface area contributed by atoms with Crippen LogP contribution in [0.4, 0.5) is 0 Å². The van der Waals surface area contributed by atoms with Gasteiger partial charge in [0, 0.05) is 16.5 Å². The molecule has 0 aliphatic carbocycles. The van der Waals surface area contributed by atoms with Crippen LogP contribution in [-0.2, 0) is 6.54 Å². The summed E-state index contributed by atoms with van der Waals surface area (Å²) >= 11 is 0. The van der Waals surface area contributed by atoms with E-state index < -0.39 is 0 Å². The minimum absolute atomic E-state index is 0.132. The summed E-state index contributed by atoms with van der Waals surface area (Å²) in [5.74, 6) is 2.19. The van der Waals surface area contributed by atoms with Gasteiger partial charge in [0.1, 0.15) is 17.5 Å². The van der Waals surface area contributed by atoms with Crippen molar-refractivity contribution in [3.8, 4) is 11.5 Å². The van der Waals surface area contributed by atoms with Crippen LogP contribution < -0.4 is 15.0 Å². The number of aromatic nitrogens is 5. The van der Waals surface area contributed by atoms with Crippen LogP contribution in [0.15, 0.2) is 53.3 Å². The van der Waals surface area contributed by atoms with Crippen molar-refractivity contribution in [2.75, 3.05) is 27.3 Å². The molecule has 1 fully saturated rings. The van der Waals surface area contributed by atoms with Crippen LogP contribution in [0.1, 0.15) is 42.3 Å². The van der Waals surface area contributed by atoms with Gasteiger partial charge in [-0.25, -0.2) is 4.68 Å². The first-order valence-corrected chi connectivity index (χ1v) is 11.5. The second-order valence-electron chi connectivity index (χ2n) is 8.55. The van der Waals surface area contributed by atoms with E-state index in [1.165, 1.54) is 6.42 Å². The Morgan fingerprint density at radius 2 is 1.71 bits per heavy atom. The van der Waals surface area contributed by atoms with Crippen LogP contribution in [0.3, 0.4) is 0 Å². The summed E-state index contributed by atoms with van der Waals surface area (Å²) in [7, 11) is 3.28. The first-order chi connectivity index (χ1) is 16.7. The number of H-pyrrole nitrogens is 1. The summed E-state index contributed by atoms with van der Waals surface area (Å²) in [6.07, 6.45) is 3.34. The van der Waals surface area contributed by atoms with Crippen molar-refractivity contribution in [2.45, 2.75) is 31.8 Å². The lowest BCUT2D eigenvalue weighted by Crippen LogP contribution is -2.38. The van der Waals surface area contributed by atoms with Crippen molar-refractivity contribution in [2.24, 2.45) is 0 Å². The molecule has 4 aromatic rings. The Morgan fingerprint density at radius 3 is 2.44 bits per heavy atom. The van der Waals surface area contributed by atoms with E-state index in [9.17, 15) is 4.79 Å². The van der Waals surface area contributed by atoms with Crippen molar-refractivity contribution in [1.82, 2.24) is 30.1 Å². The molecule has 0 saturated carbocycles. The molecular formula is C25H28N6O3. The molecular weight excluding hydrogens is 432 g/mol. The van der Waals surface area contributed by atoms with Crippen LogP contribution >= 0.6 is 0 Å². The molecule has 0 amide bonds. The molecule has 2 aromatic heterocycles. The number of fused-ring (bicyclic) bond motifs is 1. The van der Waals surface area contributed by atoms with Gasteiger partial charge in [0.2, 0.25) is 0 Å². The fraction of sp³-hybridized carbons (Fsp3) is 0.360. The molecule has 3 heterocycles. The molecule has 2 aromatic carbocycles. The summed E-state index contributed by atoms with van der Waals surface area (Å²) in [6.45, 7) is 2.27. The van der Waals surface area contributed by atoms with E-state index in [1.807, 2.05) is 48.5 Å². The van der Waals surface area contributed by atoms with Gasteiger partial charge >= 0.3 is 0 Å². The molecule has 0 bridgehead atoms. The minimum Gasteiger partial charge on any atom is -0.497 e. The van der Waals surface area contributed by atoms with Gasteiger partial charge in [-0.05, 0) is 78.3 Å². The van der Waals surface area contributed by atoms with Gasteiger partial charge < -0.3 is 14.5 Å². The van der Waals surface area contributed by atoms with Crippen molar-refractivity contribution >= 4 is 10.9 Å². The molecule has 5 rings (SSSR count). The Hall–Kier alpha value is -3.72. The molecule has 1 aliphatic rings. The van der Waals surface area contributed by atoms with E-state index in [0.29, 0.717) is 17.9 Å². The minimum atomic E-state index is -0.354. The third kappa shape index (κ3) is 4.38. The summed E-state index contributed by atoms with van der Waals surface area (Å²) in [6, 6.07) is 15.1. The maximum Gasteiger partial charge on any atom is 0.253 e. The van der Waals surface area contributed by atoms with Crippen molar-refractivity contribution in [1.29, 1.82) is 0 Å². The number of hydrogen-bond acceptors (Lipinski definition) is 7. The van der Waals surface area contributed by atoms with Crippen LogP contribution in [0, 0.1) is 0 Å². The Bertz CT molecular complexity index is 1320. The Kier molecular flexibility index (Phi) is 6.27. The predicted molar refractivity (Wildman–Crippen MR) is 128 cm³/mol. The summed E-state index contributed by atoms with van der Waals surface area (Å²) in [4.78, 5) is 18.7. The molecule has 34 heavy (non-hydrogen) atoms. The highest BCUT2D eigenvalue weighted by molar-refractivity contribution is 5.80. The van der Waals surface area contributed by atoms with E-state index in [4.69, 9.17) is 9.47 Å². The Morgan fingerprint density at radius 1 is 0.971 bits per heavy atom. The number of rotatable bonds is 7. The van der Waals surface area contributed by atoms with Gasteiger partial charge in [-0.1, -0.05) is 18.6 Å². The predicted octanol–water partition coefficient (Wildman–Crippen LogP) is 3.16. The standard InChI is InChI=1S/C25H28N6O3/c1-33-19-8-6-17(7-9-19)16-31-24(27-28-29-31)23(30-12-4-3-5-13-30)21-15-18-14-20(34-2)10-11-22(18)26-25(21)32/h6-11,14-15,23H,3-5,12-13,16H2,1-2H3,(H,26,32)/t23-/m1/s1. The first kappa shape index (κ1) is 22.1. The SMILES string of the molecule is COc1ccc(Cn2nnnc2[C@@H](c2cc3cc(OC)ccc3[nH]c2=O)N2CCCCC2)cc1. The van der Waals surface area contributed by atoms with Gasteiger partial charge in [-0.3, -0.25) is 9.69 Å². The number of methoxy groups -OCH3 is 2. The lowest BCUT2D eigenvalue weighted by atomic mass is 10.0. The topological polar surface area (TPSA) is 98.2 Å². The van der Waals surface area contributed by atoms with Crippen LogP contribution in [0.5, 0.6) is 11.5 Å². The average Bonchev–Trinajstić information content (AvgIpc) is 3.33. The molecule has 176 valence electrons. The third-order valence-corrected chi connectivity index (χ3v) is 6.43. The number of ether oxygens (including phenoxy) is 2. The number of pyridine rings is 1. The number of tetrazole rings is 1. The van der Waals surface area contributed by atoms with Crippen LogP contribution in [0.2, 0.25) is 0 Å². The summed E-state index contributed by atoms with van der Waals surface area (Å²) in [5.41, 5.74) is 2.31. The highest BCUT2D eigenvalue weighted by atomic mass is 16.5. The van der Waals surface area contributed by atoms with E-state index >= 15 is 0 Å². The molecule has 9 heteroatoms. The van der Waals surface area contributed by atoms with Gasteiger partial charge in [0.05, 0.1) is 20.8 Å². The zero-order valence-electron chi connectivity index (χ0n) is 19.4. The monoisotopic (exact) mass is 460 g/mol. The van der Waals surface area contributed by atoms with Gasteiger partial charge in [-0.15, -0.1) is 5.10 Å². The quantitative estimate of drug-likeness (QED) is 0.452. The molecule has 0 unspecified atom stereocenters. The Labute approximate surface area is 197 Å². The molecule has 1 saturated heterocycles. The molecule has 0 spiro atoms. The normalized spacial score (nSPS) is 15.4. The highest BCUT2D eigenvalue weighted by Gasteiger charge is 2.31. The van der Waals surface area contributed by atoms with E-state index in [-0.39, 0.29) is 11.6 Å². The van der Waals surface area contributed by atoms with Crippen LogP contribution in [-0.4, -0.2) is 57.4 Å². The molecule has 0 radical (unpaired) electrons. The summed E-state index contributed by atoms with van der Waals surface area (Å²) < 4.78 is 12.5. The van der Waals surface area contributed by atoms with Crippen molar-refractivity contribution < 1.29 is 9.47 Å². The zero-order valence-corrected chi connectivity index (χ0v) is 19.4. The fourth-order valence-electron chi connectivity index (χ4n) is 4.63. The van der Waals surface area contributed by atoms with Gasteiger partial charge in [0.15, 0.2) is 5.82 Å². The Balaban J connectivity index is 1.58. The number of nitrogens with zero attached hydrogens (tertiary/aromatic N) is 5. The maximum absolute atomic E-state index is 13.3. The largest absolute Gasteiger partial charge is 0.497 e. The number of hydrogen-bond donors (Lipinski definition) is 1. The smallest absolute Gasteiger partial charge is 0.253 e. The van der Waals surface area contributed by atoms with Crippen LogP contribution in [0.25, 0.3) is 10.9 Å². The first-order valence-electron chi connectivity index (χ1n) is 11.5. The van der Waals surface area contributed by atoms with Gasteiger partial charge in [0.25, 0.3) is 5.56 Å². The van der Waals surface area contributed by atoms with E-state index in [2.05, 4.69) is 25.4 Å². The van der Waals surface area contributed by atoms with Crippen molar-refractivity contribution in [3.05, 3.63) is 75.8 Å². The lowest BCUT2D eigenvalue weighted by molar-refractivity contribution is 0.177. The van der Waals surface area contributed by atoms with Gasteiger partial charge in [-0.2, -0.15) is 0 Å². The number of likely N-dealkylation sites (tertiary alicyclic amines) is 1. The number of nitrogens with one attached hydrogen (secondary N) is 1. The second-order valence-corrected chi connectivity index (χ2v) is 8.55. The molecule has 1 aliphatic heterocycles. The number of aromatic amines is 1. The molecule has 9 nitrogen and oxygen atoms in total. The van der Waals surface area contributed by atoms with Crippen molar-refractivity contribution in [3.63, 3.8) is 0 Å². The second kappa shape index (κ2) is 9.64. The number of piperidine rings is 1. The fourth-order valence-corrected chi connectivity index (χ4v) is 4.63. The average molecular weight is 461 g/mol. The maximum atomic E-state index is 13.3. The molecule has 1 N–H and O–H groups in total.